The molecule has 2 aromatic rings. The molecule has 22 heavy (non-hydrogen) atoms. The van der Waals surface area contributed by atoms with Crippen LogP contribution in [-0.2, 0) is 13.0 Å². The Morgan fingerprint density at radius 1 is 1.41 bits per heavy atom. The molecule has 0 aliphatic carbocycles. The Morgan fingerprint density at radius 3 is 3.09 bits per heavy atom. The van der Waals surface area contributed by atoms with Crippen molar-refractivity contribution in [1.82, 2.24) is 14.9 Å². The molecular formula is C17H24N4S. The molecular weight excluding hydrogens is 292 g/mol. The van der Waals surface area contributed by atoms with E-state index in [0.717, 1.165) is 29.7 Å². The van der Waals surface area contributed by atoms with Gasteiger partial charge >= 0.3 is 0 Å². The molecule has 4 nitrogen and oxygen atoms in total. The number of pyridine rings is 1. The largest absolute Gasteiger partial charge is 0.365 e. The molecule has 0 bridgehead atoms. The Labute approximate surface area is 136 Å². The number of anilines is 1. The SMILES string of the molecule is CNc1ncc(CN2CCCC(Cc3cccc(C)n3)C2)s1. The van der Waals surface area contributed by atoms with E-state index in [-0.39, 0.29) is 0 Å². The van der Waals surface area contributed by atoms with Crippen LogP contribution in [0.15, 0.2) is 24.4 Å². The second-order valence-corrected chi connectivity index (χ2v) is 7.21. The lowest BCUT2D eigenvalue weighted by molar-refractivity contribution is 0.167. The fourth-order valence-electron chi connectivity index (χ4n) is 3.19. The maximum Gasteiger partial charge on any atom is 0.182 e. The van der Waals surface area contributed by atoms with Crippen LogP contribution in [0.1, 0.15) is 29.1 Å². The number of thiazole rings is 1. The molecule has 1 saturated heterocycles. The van der Waals surface area contributed by atoms with Gasteiger partial charge in [-0.1, -0.05) is 6.07 Å². The number of nitrogens with one attached hydrogen (secondary N) is 1. The molecule has 5 heteroatoms. The predicted molar refractivity (Wildman–Crippen MR) is 92.3 cm³/mol. The van der Waals surface area contributed by atoms with E-state index in [1.165, 1.54) is 36.5 Å². The first-order valence-electron chi connectivity index (χ1n) is 8.00. The number of hydrogen-bond donors (Lipinski definition) is 1. The Bertz CT molecular complexity index is 610. The first-order chi connectivity index (χ1) is 10.7. The van der Waals surface area contributed by atoms with Crippen molar-refractivity contribution >= 4 is 16.5 Å². The van der Waals surface area contributed by atoms with Gasteiger partial charge in [0.1, 0.15) is 0 Å². The van der Waals surface area contributed by atoms with Gasteiger partial charge < -0.3 is 5.32 Å². The van der Waals surface area contributed by atoms with Crippen molar-refractivity contribution in [2.24, 2.45) is 5.92 Å². The number of hydrogen-bond acceptors (Lipinski definition) is 5. The van der Waals surface area contributed by atoms with Crippen LogP contribution < -0.4 is 5.32 Å². The number of aryl methyl sites for hydroxylation is 1. The highest BCUT2D eigenvalue weighted by Gasteiger charge is 2.21. The van der Waals surface area contributed by atoms with Gasteiger partial charge in [0.15, 0.2) is 5.13 Å². The zero-order valence-corrected chi connectivity index (χ0v) is 14.2. The van der Waals surface area contributed by atoms with Gasteiger partial charge in [0, 0.05) is 42.6 Å². The minimum atomic E-state index is 0.722. The van der Waals surface area contributed by atoms with Crippen LogP contribution in [0.5, 0.6) is 0 Å². The second-order valence-electron chi connectivity index (χ2n) is 6.10. The number of piperidine rings is 1. The molecule has 0 saturated carbocycles. The first kappa shape index (κ1) is 15.4. The number of nitrogens with zero attached hydrogens (tertiary/aromatic N) is 3. The number of likely N-dealkylation sites (tertiary alicyclic amines) is 1. The zero-order valence-electron chi connectivity index (χ0n) is 13.4. The van der Waals surface area contributed by atoms with E-state index >= 15 is 0 Å². The zero-order chi connectivity index (χ0) is 15.4. The van der Waals surface area contributed by atoms with Crippen LogP contribution in [0, 0.1) is 12.8 Å². The van der Waals surface area contributed by atoms with Gasteiger partial charge in [0.2, 0.25) is 0 Å². The minimum Gasteiger partial charge on any atom is -0.365 e. The average Bonchev–Trinajstić information content (AvgIpc) is 2.95. The third kappa shape index (κ3) is 4.05. The summed E-state index contributed by atoms with van der Waals surface area (Å²) < 4.78 is 0. The maximum absolute atomic E-state index is 4.66. The Balaban J connectivity index is 1.57. The molecule has 3 rings (SSSR count). The summed E-state index contributed by atoms with van der Waals surface area (Å²) in [6.45, 7) is 5.46. The highest BCUT2D eigenvalue weighted by atomic mass is 32.1. The number of aromatic nitrogens is 2. The van der Waals surface area contributed by atoms with E-state index in [4.69, 9.17) is 0 Å². The van der Waals surface area contributed by atoms with E-state index in [9.17, 15) is 0 Å². The molecule has 1 aliphatic heterocycles. The number of rotatable bonds is 5. The normalized spacial score (nSPS) is 19.3. The lowest BCUT2D eigenvalue weighted by atomic mass is 9.93. The smallest absolute Gasteiger partial charge is 0.182 e. The van der Waals surface area contributed by atoms with Gasteiger partial charge in [-0.25, -0.2) is 4.98 Å². The molecule has 1 N–H and O–H groups in total. The predicted octanol–water partition coefficient (Wildman–Crippen LogP) is 3.34. The summed E-state index contributed by atoms with van der Waals surface area (Å²) in [5.41, 5.74) is 2.36. The van der Waals surface area contributed by atoms with E-state index in [1.807, 2.05) is 13.2 Å². The summed E-state index contributed by atoms with van der Waals surface area (Å²) in [6, 6.07) is 6.35. The summed E-state index contributed by atoms with van der Waals surface area (Å²) in [7, 11) is 1.92. The molecule has 0 spiro atoms. The first-order valence-corrected chi connectivity index (χ1v) is 8.82. The molecule has 1 unspecified atom stereocenters. The quantitative estimate of drug-likeness (QED) is 0.918. The minimum absolute atomic E-state index is 0.722. The van der Waals surface area contributed by atoms with E-state index in [0.29, 0.717) is 0 Å². The van der Waals surface area contributed by atoms with Crippen LogP contribution in [-0.4, -0.2) is 35.0 Å². The third-order valence-electron chi connectivity index (χ3n) is 4.19. The van der Waals surface area contributed by atoms with Crippen LogP contribution >= 0.6 is 11.3 Å². The topological polar surface area (TPSA) is 41.1 Å². The molecule has 1 atom stereocenters. The van der Waals surface area contributed by atoms with Crippen molar-refractivity contribution < 1.29 is 0 Å². The second kappa shape index (κ2) is 7.20. The molecule has 118 valence electrons. The van der Waals surface area contributed by atoms with Gasteiger partial charge in [0.25, 0.3) is 0 Å². The van der Waals surface area contributed by atoms with Crippen molar-refractivity contribution in [2.75, 3.05) is 25.5 Å². The lowest BCUT2D eigenvalue weighted by Crippen LogP contribution is -2.35. The van der Waals surface area contributed by atoms with Gasteiger partial charge in [-0.3, -0.25) is 9.88 Å². The summed E-state index contributed by atoms with van der Waals surface area (Å²) in [5, 5.41) is 4.12. The van der Waals surface area contributed by atoms with Gasteiger partial charge in [-0.2, -0.15) is 0 Å². The van der Waals surface area contributed by atoms with Gasteiger partial charge in [0.05, 0.1) is 0 Å². The van der Waals surface area contributed by atoms with Crippen LogP contribution in [0.3, 0.4) is 0 Å². The summed E-state index contributed by atoms with van der Waals surface area (Å²) >= 11 is 1.76. The van der Waals surface area contributed by atoms with Crippen molar-refractivity contribution in [3.8, 4) is 0 Å². The molecule has 0 amide bonds. The Kier molecular flexibility index (Phi) is 5.05. The molecule has 1 aliphatic rings. The fourth-order valence-corrected chi connectivity index (χ4v) is 4.00. The summed E-state index contributed by atoms with van der Waals surface area (Å²) in [4.78, 5) is 12.9. The average molecular weight is 316 g/mol. The molecule has 1 fully saturated rings. The van der Waals surface area contributed by atoms with E-state index in [2.05, 4.69) is 45.3 Å². The maximum atomic E-state index is 4.66. The fraction of sp³-hybridized carbons (Fsp3) is 0.529. The highest BCUT2D eigenvalue weighted by molar-refractivity contribution is 7.15. The molecule has 0 radical (unpaired) electrons. The third-order valence-corrected chi connectivity index (χ3v) is 5.19. The molecule has 2 aromatic heterocycles. The highest BCUT2D eigenvalue weighted by Crippen LogP contribution is 2.24. The monoisotopic (exact) mass is 316 g/mol. The van der Waals surface area contributed by atoms with Crippen molar-refractivity contribution in [3.63, 3.8) is 0 Å². The Hall–Kier alpha value is -1.46. The lowest BCUT2D eigenvalue weighted by Gasteiger charge is -2.32. The van der Waals surface area contributed by atoms with E-state index < -0.39 is 0 Å². The van der Waals surface area contributed by atoms with Crippen LogP contribution in [0.25, 0.3) is 0 Å². The Morgan fingerprint density at radius 2 is 2.32 bits per heavy atom. The molecule has 0 aromatic carbocycles. The van der Waals surface area contributed by atoms with Crippen molar-refractivity contribution in [1.29, 1.82) is 0 Å². The van der Waals surface area contributed by atoms with Crippen LogP contribution in [0.2, 0.25) is 0 Å². The summed E-state index contributed by atoms with van der Waals surface area (Å²) in [5.74, 6) is 0.722. The van der Waals surface area contributed by atoms with Crippen molar-refractivity contribution in [3.05, 3.63) is 40.7 Å². The summed E-state index contributed by atoms with van der Waals surface area (Å²) in [6.07, 6.45) is 5.70. The standard InChI is InChI=1S/C17H24N4S/c1-13-5-3-7-15(20-13)9-14-6-4-8-21(11-14)12-16-10-19-17(18-2)22-16/h3,5,7,10,14H,4,6,8-9,11-12H2,1-2H3,(H,18,19). The van der Waals surface area contributed by atoms with Crippen LogP contribution in [0.4, 0.5) is 5.13 Å². The van der Waals surface area contributed by atoms with Gasteiger partial charge in [-0.15, -0.1) is 11.3 Å². The van der Waals surface area contributed by atoms with Gasteiger partial charge in [-0.05, 0) is 50.8 Å². The van der Waals surface area contributed by atoms with Crippen molar-refractivity contribution in [2.45, 2.75) is 32.7 Å². The van der Waals surface area contributed by atoms with E-state index in [1.54, 1.807) is 11.3 Å². The molecule has 3 heterocycles.